The fourth-order valence-electron chi connectivity index (χ4n) is 3.51. The van der Waals surface area contributed by atoms with Crippen LogP contribution in [-0.4, -0.2) is 21.5 Å². The van der Waals surface area contributed by atoms with Crippen molar-refractivity contribution in [2.45, 2.75) is 32.9 Å². The fourth-order valence-corrected chi connectivity index (χ4v) is 3.51. The number of nitrogens with zero attached hydrogens (tertiary/aromatic N) is 2. The van der Waals surface area contributed by atoms with E-state index in [2.05, 4.69) is 31.2 Å². The zero-order valence-electron chi connectivity index (χ0n) is 14.4. The lowest BCUT2D eigenvalue weighted by Crippen LogP contribution is -2.06. The van der Waals surface area contributed by atoms with Crippen LogP contribution in [0.25, 0.3) is 11.3 Å². The van der Waals surface area contributed by atoms with Gasteiger partial charge in [-0.15, -0.1) is 0 Å². The molecule has 1 N–H and O–H groups in total. The van der Waals surface area contributed by atoms with Gasteiger partial charge in [0.25, 0.3) is 0 Å². The van der Waals surface area contributed by atoms with Gasteiger partial charge in [0.2, 0.25) is 0 Å². The van der Waals surface area contributed by atoms with Crippen LogP contribution in [0.5, 0.6) is 5.75 Å². The second-order valence-electron chi connectivity index (χ2n) is 6.45. The maximum atomic E-state index is 9.21. The standard InChI is InChI=1S/C21H22N2O2/c1-15-19-9-7-17-13-18(25-14-16-5-3-2-4-6-16)8-10-20(17)21(19)22-23(15)11-12-24/h2-6,8,10,13,24H,7,9,11-12,14H2,1H3. The van der Waals surface area contributed by atoms with Crippen molar-refractivity contribution < 1.29 is 9.84 Å². The Morgan fingerprint density at radius 1 is 1.12 bits per heavy atom. The number of hydrogen-bond donors (Lipinski definition) is 1. The first-order valence-corrected chi connectivity index (χ1v) is 8.73. The molecule has 0 aliphatic heterocycles. The molecule has 1 aromatic heterocycles. The SMILES string of the molecule is Cc1c2c(nn1CCO)-c1ccc(OCc3ccccc3)cc1CC2. The number of aliphatic hydroxyl groups excluding tert-OH is 1. The van der Waals surface area contributed by atoms with Gasteiger partial charge in [-0.3, -0.25) is 4.68 Å². The third-order valence-corrected chi connectivity index (χ3v) is 4.87. The van der Waals surface area contributed by atoms with Crippen molar-refractivity contribution in [2.24, 2.45) is 0 Å². The van der Waals surface area contributed by atoms with Gasteiger partial charge in [-0.1, -0.05) is 30.3 Å². The van der Waals surface area contributed by atoms with Gasteiger partial charge >= 0.3 is 0 Å². The molecule has 0 unspecified atom stereocenters. The van der Waals surface area contributed by atoms with E-state index in [1.165, 1.54) is 27.9 Å². The smallest absolute Gasteiger partial charge is 0.120 e. The van der Waals surface area contributed by atoms with Crippen LogP contribution in [0.3, 0.4) is 0 Å². The molecule has 128 valence electrons. The lowest BCUT2D eigenvalue weighted by Gasteiger charge is -2.17. The summed E-state index contributed by atoms with van der Waals surface area (Å²) in [5.41, 5.74) is 7.17. The number of hydrogen-bond acceptors (Lipinski definition) is 3. The molecule has 1 aliphatic carbocycles. The van der Waals surface area contributed by atoms with Crippen molar-refractivity contribution >= 4 is 0 Å². The minimum Gasteiger partial charge on any atom is -0.489 e. The molecule has 0 amide bonds. The van der Waals surface area contributed by atoms with Crippen LogP contribution in [0.1, 0.15) is 22.4 Å². The third-order valence-electron chi connectivity index (χ3n) is 4.87. The van der Waals surface area contributed by atoms with Gasteiger partial charge in [0.15, 0.2) is 0 Å². The van der Waals surface area contributed by atoms with E-state index < -0.39 is 0 Å². The number of aliphatic hydroxyl groups is 1. The Morgan fingerprint density at radius 3 is 2.76 bits per heavy atom. The summed E-state index contributed by atoms with van der Waals surface area (Å²) in [7, 11) is 0. The molecule has 4 nitrogen and oxygen atoms in total. The molecule has 0 radical (unpaired) electrons. The summed E-state index contributed by atoms with van der Waals surface area (Å²) in [6, 6.07) is 16.5. The molecule has 0 bridgehead atoms. The number of fused-ring (bicyclic) bond motifs is 3. The quantitative estimate of drug-likeness (QED) is 0.776. The second-order valence-corrected chi connectivity index (χ2v) is 6.45. The minimum atomic E-state index is 0.112. The van der Waals surface area contributed by atoms with Crippen LogP contribution < -0.4 is 4.74 Å². The highest BCUT2D eigenvalue weighted by Crippen LogP contribution is 2.36. The zero-order chi connectivity index (χ0) is 17.2. The number of benzene rings is 2. The van der Waals surface area contributed by atoms with Crippen molar-refractivity contribution in [3.8, 4) is 17.0 Å². The van der Waals surface area contributed by atoms with E-state index in [1.54, 1.807) is 0 Å². The molecule has 4 heteroatoms. The Bertz CT molecular complexity index is 884. The molecule has 0 atom stereocenters. The molecule has 1 heterocycles. The average Bonchev–Trinajstić information content (AvgIpc) is 2.97. The van der Waals surface area contributed by atoms with E-state index in [9.17, 15) is 5.11 Å². The molecule has 1 aliphatic rings. The Balaban J connectivity index is 1.59. The first kappa shape index (κ1) is 15.9. The Morgan fingerprint density at radius 2 is 1.96 bits per heavy atom. The highest BCUT2D eigenvalue weighted by Gasteiger charge is 2.23. The molecule has 2 aromatic carbocycles. The van der Waals surface area contributed by atoms with Gasteiger partial charge < -0.3 is 9.84 Å². The molecule has 0 saturated carbocycles. The highest BCUT2D eigenvalue weighted by atomic mass is 16.5. The maximum Gasteiger partial charge on any atom is 0.120 e. The topological polar surface area (TPSA) is 47.3 Å². The summed E-state index contributed by atoms with van der Waals surface area (Å²) in [6.45, 7) is 3.33. The predicted molar refractivity (Wildman–Crippen MR) is 97.7 cm³/mol. The lowest BCUT2D eigenvalue weighted by atomic mass is 9.89. The highest BCUT2D eigenvalue weighted by molar-refractivity contribution is 5.71. The van der Waals surface area contributed by atoms with Crippen molar-refractivity contribution in [3.05, 3.63) is 70.9 Å². The largest absolute Gasteiger partial charge is 0.489 e. The molecule has 25 heavy (non-hydrogen) atoms. The third kappa shape index (κ3) is 3.05. The molecule has 3 aromatic rings. The van der Waals surface area contributed by atoms with Crippen molar-refractivity contribution in [2.75, 3.05) is 6.61 Å². The molecule has 0 fully saturated rings. The van der Waals surface area contributed by atoms with Gasteiger partial charge in [0.1, 0.15) is 12.4 Å². The average molecular weight is 334 g/mol. The van der Waals surface area contributed by atoms with Crippen LogP contribution in [-0.2, 0) is 26.0 Å². The van der Waals surface area contributed by atoms with Crippen LogP contribution in [0.4, 0.5) is 0 Å². The summed E-state index contributed by atoms with van der Waals surface area (Å²) >= 11 is 0. The Labute approximate surface area is 147 Å². The van der Waals surface area contributed by atoms with Crippen LogP contribution >= 0.6 is 0 Å². The number of aryl methyl sites for hydroxylation is 1. The second kappa shape index (κ2) is 6.73. The van der Waals surface area contributed by atoms with Crippen LogP contribution in [0.2, 0.25) is 0 Å². The summed E-state index contributed by atoms with van der Waals surface area (Å²) in [6.07, 6.45) is 1.98. The molecule has 0 spiro atoms. The minimum absolute atomic E-state index is 0.112. The normalized spacial score (nSPS) is 12.6. The van der Waals surface area contributed by atoms with E-state index in [-0.39, 0.29) is 6.61 Å². The fraction of sp³-hybridized carbons (Fsp3) is 0.286. The Kier molecular flexibility index (Phi) is 4.28. The molecule has 4 rings (SSSR count). The first-order valence-electron chi connectivity index (χ1n) is 8.73. The van der Waals surface area contributed by atoms with Crippen LogP contribution in [0, 0.1) is 6.92 Å². The predicted octanol–water partition coefficient (Wildman–Crippen LogP) is 3.53. The molecular weight excluding hydrogens is 312 g/mol. The van der Waals surface area contributed by atoms with Gasteiger partial charge in [-0.2, -0.15) is 5.10 Å². The molecule has 0 saturated heterocycles. The van der Waals surface area contributed by atoms with E-state index >= 15 is 0 Å². The van der Waals surface area contributed by atoms with Gasteiger partial charge in [-0.25, -0.2) is 0 Å². The van der Waals surface area contributed by atoms with Crippen molar-refractivity contribution in [3.63, 3.8) is 0 Å². The maximum absolute atomic E-state index is 9.21. The summed E-state index contributed by atoms with van der Waals surface area (Å²) in [4.78, 5) is 0. The monoisotopic (exact) mass is 334 g/mol. The van der Waals surface area contributed by atoms with E-state index in [0.29, 0.717) is 13.2 Å². The van der Waals surface area contributed by atoms with Gasteiger partial charge in [0.05, 0.1) is 18.8 Å². The Hall–Kier alpha value is -2.59. The summed E-state index contributed by atoms with van der Waals surface area (Å²) in [5, 5.41) is 13.9. The van der Waals surface area contributed by atoms with E-state index in [4.69, 9.17) is 9.84 Å². The number of ether oxygens (including phenoxy) is 1. The van der Waals surface area contributed by atoms with Gasteiger partial charge in [0, 0.05) is 16.8 Å². The number of aromatic nitrogens is 2. The van der Waals surface area contributed by atoms with Gasteiger partial charge in [-0.05, 0) is 49.1 Å². The van der Waals surface area contributed by atoms with Crippen molar-refractivity contribution in [1.82, 2.24) is 9.78 Å². The molecular formula is C21H22N2O2. The van der Waals surface area contributed by atoms with E-state index in [1.807, 2.05) is 28.9 Å². The lowest BCUT2D eigenvalue weighted by molar-refractivity contribution is 0.268. The summed E-state index contributed by atoms with van der Waals surface area (Å²) in [5.74, 6) is 0.901. The zero-order valence-corrected chi connectivity index (χ0v) is 14.4. The van der Waals surface area contributed by atoms with Crippen molar-refractivity contribution in [1.29, 1.82) is 0 Å². The van der Waals surface area contributed by atoms with Crippen LogP contribution in [0.15, 0.2) is 48.5 Å². The number of rotatable bonds is 5. The first-order chi connectivity index (χ1) is 12.3. The van der Waals surface area contributed by atoms with E-state index in [0.717, 1.165) is 24.3 Å². The summed E-state index contributed by atoms with van der Waals surface area (Å²) < 4.78 is 7.87.